The average Bonchev–Trinajstić information content (AvgIpc) is 2.71. The molecule has 0 aromatic rings. The summed E-state index contributed by atoms with van der Waals surface area (Å²) < 4.78 is 0. The van der Waals surface area contributed by atoms with Crippen molar-refractivity contribution < 1.29 is 0 Å². The molecule has 2 aliphatic rings. The van der Waals surface area contributed by atoms with E-state index in [0.717, 1.165) is 28.0 Å². The van der Waals surface area contributed by atoms with Gasteiger partial charge in [-0.2, -0.15) is 0 Å². The molecule has 0 spiro atoms. The van der Waals surface area contributed by atoms with E-state index < -0.39 is 0 Å². The van der Waals surface area contributed by atoms with Gasteiger partial charge in [0.1, 0.15) is 0 Å². The standard InChI is InChI=1S/C14H28P2/c1-10-6-7-11(2)15(10)14(5)16-12(3)8-9-13(16)4/h10-14H,6-9H2,1-5H3/t10-,11-,12-,13-/m1/s1. The fourth-order valence-corrected chi connectivity index (χ4v) is 14.5. The molecule has 0 amide bonds. The van der Waals surface area contributed by atoms with Gasteiger partial charge in [-0.05, 0) is 53.7 Å². The summed E-state index contributed by atoms with van der Waals surface area (Å²) in [7, 11) is 0.672. The molecule has 0 aromatic carbocycles. The van der Waals surface area contributed by atoms with E-state index in [0.29, 0.717) is 15.8 Å². The van der Waals surface area contributed by atoms with E-state index in [2.05, 4.69) is 34.6 Å². The molecule has 4 atom stereocenters. The van der Waals surface area contributed by atoms with Crippen LogP contribution < -0.4 is 0 Å². The molecule has 0 unspecified atom stereocenters. The molecule has 0 nitrogen and oxygen atoms in total. The van der Waals surface area contributed by atoms with Crippen molar-refractivity contribution in [2.45, 2.75) is 88.3 Å². The molecule has 0 saturated carbocycles. The highest BCUT2D eigenvalue weighted by Gasteiger charge is 2.42. The van der Waals surface area contributed by atoms with E-state index in [1.54, 1.807) is 0 Å². The second-order valence-corrected chi connectivity index (χ2v) is 13.3. The maximum absolute atomic E-state index is 2.62. The Morgan fingerprint density at radius 3 is 1.19 bits per heavy atom. The van der Waals surface area contributed by atoms with Crippen LogP contribution >= 0.6 is 15.8 Å². The largest absolute Gasteiger partial charge is 0.0936 e. The van der Waals surface area contributed by atoms with Crippen LogP contribution in [-0.4, -0.2) is 28.0 Å². The van der Waals surface area contributed by atoms with E-state index >= 15 is 0 Å². The van der Waals surface area contributed by atoms with Gasteiger partial charge in [0, 0.05) is 0 Å². The third-order valence-corrected chi connectivity index (χ3v) is 13.3. The Kier molecular flexibility index (Phi) is 4.35. The van der Waals surface area contributed by atoms with Crippen molar-refractivity contribution in [3.63, 3.8) is 0 Å². The second kappa shape index (κ2) is 5.24. The van der Waals surface area contributed by atoms with Crippen molar-refractivity contribution in [1.29, 1.82) is 0 Å². The monoisotopic (exact) mass is 258 g/mol. The van der Waals surface area contributed by atoms with E-state index in [-0.39, 0.29) is 0 Å². The summed E-state index contributed by atoms with van der Waals surface area (Å²) in [5, 5.41) is 1.09. The zero-order chi connectivity index (χ0) is 11.9. The maximum Gasteiger partial charge on any atom is -0.00246 e. The lowest BCUT2D eigenvalue weighted by molar-refractivity contribution is 0.777. The van der Waals surface area contributed by atoms with Gasteiger partial charge in [-0.3, -0.25) is 0 Å². The van der Waals surface area contributed by atoms with E-state index in [1.165, 1.54) is 25.7 Å². The molecular formula is C14H28P2. The molecule has 2 fully saturated rings. The van der Waals surface area contributed by atoms with Gasteiger partial charge in [0.2, 0.25) is 0 Å². The third-order valence-electron chi connectivity index (χ3n) is 4.90. The minimum Gasteiger partial charge on any atom is -0.0936 e. The van der Waals surface area contributed by atoms with Crippen LogP contribution in [0.4, 0.5) is 0 Å². The summed E-state index contributed by atoms with van der Waals surface area (Å²) >= 11 is 0. The topological polar surface area (TPSA) is 0 Å². The van der Waals surface area contributed by atoms with Crippen molar-refractivity contribution in [3.8, 4) is 0 Å². The first-order valence-electron chi connectivity index (χ1n) is 7.07. The molecule has 0 aromatic heterocycles. The van der Waals surface area contributed by atoms with Crippen molar-refractivity contribution in [2.24, 2.45) is 0 Å². The molecule has 94 valence electrons. The van der Waals surface area contributed by atoms with Gasteiger partial charge in [0.15, 0.2) is 0 Å². The van der Waals surface area contributed by atoms with E-state index in [1.807, 2.05) is 0 Å². The zero-order valence-electron chi connectivity index (χ0n) is 11.6. The van der Waals surface area contributed by atoms with Gasteiger partial charge >= 0.3 is 0 Å². The Hall–Kier alpha value is 0.860. The van der Waals surface area contributed by atoms with Gasteiger partial charge in [-0.25, -0.2) is 0 Å². The van der Waals surface area contributed by atoms with Gasteiger partial charge in [-0.15, -0.1) is 0 Å². The molecule has 2 heterocycles. The first-order chi connectivity index (χ1) is 7.52. The summed E-state index contributed by atoms with van der Waals surface area (Å²) in [6.07, 6.45) is 6.07. The summed E-state index contributed by atoms with van der Waals surface area (Å²) in [5.74, 6) is 0. The minimum absolute atomic E-state index is 0.336. The number of rotatable bonds is 2. The quantitative estimate of drug-likeness (QED) is 0.579. The molecule has 16 heavy (non-hydrogen) atoms. The summed E-state index contributed by atoms with van der Waals surface area (Å²) in [6.45, 7) is 12.8. The number of hydrogen-bond acceptors (Lipinski definition) is 0. The summed E-state index contributed by atoms with van der Waals surface area (Å²) in [4.78, 5) is 0. The Labute approximate surface area is 104 Å². The van der Waals surface area contributed by atoms with Crippen LogP contribution in [0, 0.1) is 0 Å². The lowest BCUT2D eigenvalue weighted by Crippen LogP contribution is -2.14. The molecular weight excluding hydrogens is 230 g/mol. The number of hydrogen-bond donors (Lipinski definition) is 0. The Morgan fingerprint density at radius 1 is 0.688 bits per heavy atom. The van der Waals surface area contributed by atoms with Gasteiger partial charge in [0.25, 0.3) is 0 Å². The molecule has 0 aliphatic carbocycles. The Balaban J connectivity index is 2.08. The van der Waals surface area contributed by atoms with Gasteiger partial charge < -0.3 is 0 Å². The van der Waals surface area contributed by atoms with Crippen LogP contribution in [0.5, 0.6) is 0 Å². The van der Waals surface area contributed by atoms with Gasteiger partial charge in [-0.1, -0.05) is 50.5 Å². The molecule has 0 N–H and O–H groups in total. The highest BCUT2D eigenvalue weighted by molar-refractivity contribution is 7.77. The second-order valence-electron chi connectivity index (χ2n) is 6.08. The zero-order valence-corrected chi connectivity index (χ0v) is 13.4. The SMILES string of the molecule is CC(P1[C@H](C)CC[C@H]1C)P1[C@H](C)CC[C@H]1C. The summed E-state index contributed by atoms with van der Waals surface area (Å²) in [6, 6.07) is 0. The summed E-state index contributed by atoms with van der Waals surface area (Å²) in [5.41, 5.74) is 4.23. The third kappa shape index (κ3) is 2.35. The molecule has 2 saturated heterocycles. The lowest BCUT2D eigenvalue weighted by atomic mass is 10.2. The van der Waals surface area contributed by atoms with Crippen LogP contribution in [0.1, 0.15) is 60.3 Å². The van der Waals surface area contributed by atoms with Crippen LogP contribution in [0.2, 0.25) is 0 Å². The van der Waals surface area contributed by atoms with E-state index in [4.69, 9.17) is 0 Å². The predicted molar refractivity (Wildman–Crippen MR) is 79.6 cm³/mol. The molecule has 2 rings (SSSR count). The maximum atomic E-state index is 2.62. The average molecular weight is 258 g/mol. The molecule has 0 bridgehead atoms. The molecule has 2 heteroatoms. The Morgan fingerprint density at radius 2 is 0.938 bits per heavy atom. The predicted octanol–water partition coefficient (Wildman–Crippen LogP) is 5.44. The highest BCUT2D eigenvalue weighted by Crippen LogP contribution is 2.72. The van der Waals surface area contributed by atoms with Crippen LogP contribution in [0.3, 0.4) is 0 Å². The minimum atomic E-state index is 0.336. The first-order valence-corrected chi connectivity index (χ1v) is 10.2. The highest BCUT2D eigenvalue weighted by atomic mass is 31.2. The van der Waals surface area contributed by atoms with Crippen molar-refractivity contribution in [2.75, 3.05) is 0 Å². The first kappa shape index (κ1) is 13.3. The van der Waals surface area contributed by atoms with Gasteiger partial charge in [0.05, 0.1) is 0 Å². The van der Waals surface area contributed by atoms with Crippen molar-refractivity contribution in [1.82, 2.24) is 0 Å². The van der Waals surface area contributed by atoms with Crippen LogP contribution in [0.25, 0.3) is 0 Å². The molecule has 2 aliphatic heterocycles. The lowest BCUT2D eigenvalue weighted by Gasteiger charge is -2.37. The van der Waals surface area contributed by atoms with Crippen molar-refractivity contribution >= 4 is 15.8 Å². The van der Waals surface area contributed by atoms with E-state index in [9.17, 15) is 0 Å². The van der Waals surface area contributed by atoms with Crippen molar-refractivity contribution in [3.05, 3.63) is 0 Å². The van der Waals surface area contributed by atoms with Crippen LogP contribution in [0.15, 0.2) is 0 Å². The van der Waals surface area contributed by atoms with Crippen LogP contribution in [-0.2, 0) is 0 Å². The fraction of sp³-hybridized carbons (Fsp3) is 1.00. The molecule has 0 radical (unpaired) electrons. The smallest absolute Gasteiger partial charge is 0.00246 e. The Bertz CT molecular complexity index is 197. The fourth-order valence-electron chi connectivity index (χ4n) is 4.06. The normalized spacial score (nSPS) is 42.4.